The second-order valence-corrected chi connectivity index (χ2v) is 5.01. The van der Waals surface area contributed by atoms with Crippen LogP contribution in [0.4, 0.5) is 5.69 Å². The van der Waals surface area contributed by atoms with E-state index in [1.54, 1.807) is 25.4 Å². The Morgan fingerprint density at radius 2 is 1.95 bits per heavy atom. The van der Waals surface area contributed by atoms with Crippen LogP contribution in [0.1, 0.15) is 10.4 Å². The molecule has 0 unspecified atom stereocenters. The van der Waals surface area contributed by atoms with E-state index in [0.29, 0.717) is 21.4 Å². The van der Waals surface area contributed by atoms with Gasteiger partial charge in [0.25, 0.3) is 0 Å². The molecule has 2 aromatic rings. The molecule has 2 rings (SSSR count). The standard InChI is InChI=1S/C16H13Cl2NO2/c1-21-16-5-3-2-4-14(16)19-9-8-15(20)12-7-6-11(17)10-13(12)18/h2-10,19H,1H3/b9-8+. The summed E-state index contributed by atoms with van der Waals surface area (Å²) in [6.45, 7) is 0. The Balaban J connectivity index is 2.09. The number of benzene rings is 2. The highest BCUT2D eigenvalue weighted by atomic mass is 35.5. The van der Waals surface area contributed by atoms with Crippen LogP contribution in [0, 0.1) is 0 Å². The largest absolute Gasteiger partial charge is 0.495 e. The first kappa shape index (κ1) is 15.4. The van der Waals surface area contributed by atoms with Crippen molar-refractivity contribution in [3.05, 3.63) is 70.3 Å². The molecule has 0 atom stereocenters. The number of carbonyl (C=O) groups excluding carboxylic acids is 1. The lowest BCUT2D eigenvalue weighted by atomic mass is 10.1. The van der Waals surface area contributed by atoms with Crippen molar-refractivity contribution in [2.24, 2.45) is 0 Å². The van der Waals surface area contributed by atoms with Crippen molar-refractivity contribution in [1.82, 2.24) is 0 Å². The van der Waals surface area contributed by atoms with Gasteiger partial charge in [0.1, 0.15) is 5.75 Å². The number of hydrogen-bond donors (Lipinski definition) is 1. The molecule has 0 aliphatic carbocycles. The summed E-state index contributed by atoms with van der Waals surface area (Å²) in [5.41, 5.74) is 1.17. The highest BCUT2D eigenvalue weighted by Gasteiger charge is 2.07. The van der Waals surface area contributed by atoms with Gasteiger partial charge in [-0.15, -0.1) is 0 Å². The minimum Gasteiger partial charge on any atom is -0.495 e. The fourth-order valence-corrected chi connectivity index (χ4v) is 2.25. The lowest BCUT2D eigenvalue weighted by molar-refractivity contribution is 0.104. The average Bonchev–Trinajstić information content (AvgIpc) is 2.47. The van der Waals surface area contributed by atoms with Gasteiger partial charge in [0.15, 0.2) is 5.78 Å². The van der Waals surface area contributed by atoms with Crippen LogP contribution in [0.25, 0.3) is 0 Å². The van der Waals surface area contributed by atoms with Crippen LogP contribution in [-0.2, 0) is 0 Å². The SMILES string of the molecule is COc1ccccc1N/C=C/C(=O)c1ccc(Cl)cc1Cl. The van der Waals surface area contributed by atoms with Gasteiger partial charge in [0.2, 0.25) is 0 Å². The predicted octanol–water partition coefficient (Wildman–Crippen LogP) is 4.81. The normalized spacial score (nSPS) is 10.6. The lowest BCUT2D eigenvalue weighted by Crippen LogP contribution is -1.98. The summed E-state index contributed by atoms with van der Waals surface area (Å²) < 4.78 is 5.20. The number of ketones is 1. The van der Waals surface area contributed by atoms with Crippen molar-refractivity contribution < 1.29 is 9.53 Å². The van der Waals surface area contributed by atoms with Crippen LogP contribution < -0.4 is 10.1 Å². The first-order chi connectivity index (χ1) is 10.1. The lowest BCUT2D eigenvalue weighted by Gasteiger charge is -2.07. The zero-order valence-corrected chi connectivity index (χ0v) is 12.8. The van der Waals surface area contributed by atoms with Gasteiger partial charge in [0.05, 0.1) is 17.8 Å². The number of halogens is 2. The summed E-state index contributed by atoms with van der Waals surface area (Å²) in [6.07, 6.45) is 2.95. The second kappa shape index (κ2) is 7.16. The Morgan fingerprint density at radius 3 is 2.67 bits per heavy atom. The van der Waals surface area contributed by atoms with Gasteiger partial charge in [-0.2, -0.15) is 0 Å². The van der Waals surface area contributed by atoms with Crippen LogP contribution in [0.3, 0.4) is 0 Å². The fourth-order valence-electron chi connectivity index (χ4n) is 1.75. The Labute approximate surface area is 133 Å². The Hall–Kier alpha value is -1.97. The maximum absolute atomic E-state index is 12.0. The molecule has 0 bridgehead atoms. The third-order valence-electron chi connectivity index (χ3n) is 2.78. The molecule has 5 heteroatoms. The van der Waals surface area contributed by atoms with Gasteiger partial charge >= 0.3 is 0 Å². The molecule has 0 amide bonds. The molecule has 2 aromatic carbocycles. The molecule has 3 nitrogen and oxygen atoms in total. The number of hydrogen-bond acceptors (Lipinski definition) is 3. The van der Waals surface area contributed by atoms with E-state index in [4.69, 9.17) is 27.9 Å². The molecule has 0 saturated heterocycles. The highest BCUT2D eigenvalue weighted by molar-refractivity contribution is 6.37. The molecule has 1 N–H and O–H groups in total. The molecule has 0 radical (unpaired) electrons. The number of nitrogens with one attached hydrogen (secondary N) is 1. The van der Waals surface area contributed by atoms with Crippen molar-refractivity contribution in [1.29, 1.82) is 0 Å². The summed E-state index contributed by atoms with van der Waals surface area (Å²) in [4.78, 5) is 12.0. The number of para-hydroxylation sites is 2. The number of rotatable bonds is 5. The number of allylic oxidation sites excluding steroid dienone is 1. The zero-order valence-electron chi connectivity index (χ0n) is 11.3. The van der Waals surface area contributed by atoms with E-state index in [1.807, 2.05) is 24.3 Å². The van der Waals surface area contributed by atoms with Gasteiger partial charge in [0, 0.05) is 22.9 Å². The van der Waals surface area contributed by atoms with Gasteiger partial charge in [-0.1, -0.05) is 35.3 Å². The van der Waals surface area contributed by atoms with Crippen LogP contribution in [0.5, 0.6) is 5.75 Å². The number of ether oxygens (including phenoxy) is 1. The van der Waals surface area contributed by atoms with E-state index in [-0.39, 0.29) is 5.78 Å². The summed E-state index contributed by atoms with van der Waals surface area (Å²) in [5, 5.41) is 3.82. The molecule has 0 aliphatic heterocycles. The van der Waals surface area contributed by atoms with E-state index < -0.39 is 0 Å². The smallest absolute Gasteiger partial charge is 0.188 e. The Morgan fingerprint density at radius 1 is 1.19 bits per heavy atom. The van der Waals surface area contributed by atoms with Crippen LogP contribution in [0.2, 0.25) is 10.0 Å². The van der Waals surface area contributed by atoms with E-state index in [9.17, 15) is 4.79 Å². The van der Waals surface area contributed by atoms with Crippen molar-refractivity contribution in [2.75, 3.05) is 12.4 Å². The van der Waals surface area contributed by atoms with E-state index in [0.717, 1.165) is 5.69 Å². The Bertz CT molecular complexity index is 684. The fraction of sp³-hybridized carbons (Fsp3) is 0.0625. The molecule has 0 heterocycles. The molecule has 0 spiro atoms. The molecule has 108 valence electrons. The molecule has 21 heavy (non-hydrogen) atoms. The van der Waals surface area contributed by atoms with Crippen molar-refractivity contribution in [3.8, 4) is 5.75 Å². The molecule has 0 saturated carbocycles. The maximum atomic E-state index is 12.0. The molecular formula is C16H13Cl2NO2. The second-order valence-electron chi connectivity index (χ2n) is 4.17. The third-order valence-corrected chi connectivity index (χ3v) is 3.32. The van der Waals surface area contributed by atoms with Crippen LogP contribution in [0.15, 0.2) is 54.7 Å². The maximum Gasteiger partial charge on any atom is 0.188 e. The van der Waals surface area contributed by atoms with Crippen molar-refractivity contribution in [3.63, 3.8) is 0 Å². The molecule has 0 aromatic heterocycles. The topological polar surface area (TPSA) is 38.3 Å². The van der Waals surface area contributed by atoms with Gasteiger partial charge in [-0.25, -0.2) is 0 Å². The molecule has 0 aliphatic rings. The third kappa shape index (κ3) is 4.00. The summed E-state index contributed by atoms with van der Waals surface area (Å²) in [6, 6.07) is 12.2. The van der Waals surface area contributed by atoms with E-state index >= 15 is 0 Å². The number of anilines is 1. The average molecular weight is 322 g/mol. The Kier molecular flexibility index (Phi) is 5.26. The predicted molar refractivity (Wildman–Crippen MR) is 86.5 cm³/mol. The summed E-state index contributed by atoms with van der Waals surface area (Å²) in [5.74, 6) is 0.484. The number of methoxy groups -OCH3 is 1. The van der Waals surface area contributed by atoms with E-state index in [2.05, 4.69) is 5.32 Å². The zero-order chi connectivity index (χ0) is 15.2. The van der Waals surface area contributed by atoms with Crippen molar-refractivity contribution in [2.45, 2.75) is 0 Å². The first-order valence-corrected chi connectivity index (χ1v) is 6.93. The first-order valence-electron chi connectivity index (χ1n) is 6.17. The van der Waals surface area contributed by atoms with Gasteiger partial charge in [-0.05, 0) is 30.3 Å². The minimum absolute atomic E-state index is 0.209. The summed E-state index contributed by atoms with van der Waals surface area (Å²) >= 11 is 11.8. The van der Waals surface area contributed by atoms with Crippen LogP contribution in [-0.4, -0.2) is 12.9 Å². The summed E-state index contributed by atoms with van der Waals surface area (Å²) in [7, 11) is 1.59. The molecule has 0 fully saturated rings. The van der Waals surface area contributed by atoms with Gasteiger partial charge in [-0.3, -0.25) is 4.79 Å². The van der Waals surface area contributed by atoms with Crippen molar-refractivity contribution >= 4 is 34.7 Å². The molecular weight excluding hydrogens is 309 g/mol. The van der Waals surface area contributed by atoms with Crippen LogP contribution >= 0.6 is 23.2 Å². The monoisotopic (exact) mass is 321 g/mol. The minimum atomic E-state index is -0.209. The van der Waals surface area contributed by atoms with E-state index in [1.165, 1.54) is 12.1 Å². The quantitative estimate of drug-likeness (QED) is 0.634. The van der Waals surface area contributed by atoms with Gasteiger partial charge < -0.3 is 10.1 Å². The highest BCUT2D eigenvalue weighted by Crippen LogP contribution is 2.24. The number of carbonyl (C=O) groups is 1.